The lowest BCUT2D eigenvalue weighted by molar-refractivity contribution is -0.121. The molecule has 0 unspecified atom stereocenters. The third-order valence-electron chi connectivity index (χ3n) is 4.72. The van der Waals surface area contributed by atoms with Crippen LogP contribution >= 0.6 is 0 Å². The summed E-state index contributed by atoms with van der Waals surface area (Å²) in [5.74, 6) is 0.519. The molecule has 1 aliphatic rings. The van der Waals surface area contributed by atoms with Gasteiger partial charge in [-0.05, 0) is 17.7 Å². The smallest absolute Gasteiger partial charge is 0.254 e. The molecule has 0 aliphatic carbocycles. The number of hydrogen-bond donors (Lipinski definition) is 1. The molecular weight excluding hydrogens is 342 g/mol. The molecule has 4 rings (SSSR count). The van der Waals surface area contributed by atoms with Crippen molar-refractivity contribution >= 4 is 11.8 Å². The molecule has 0 spiro atoms. The zero-order valence-electron chi connectivity index (χ0n) is 14.7. The van der Waals surface area contributed by atoms with E-state index in [2.05, 4.69) is 10.3 Å². The van der Waals surface area contributed by atoms with Gasteiger partial charge in [0.2, 0.25) is 5.91 Å². The van der Waals surface area contributed by atoms with Gasteiger partial charge >= 0.3 is 0 Å². The third-order valence-corrected chi connectivity index (χ3v) is 4.72. The van der Waals surface area contributed by atoms with Crippen LogP contribution in [0.25, 0.3) is 11.3 Å². The van der Waals surface area contributed by atoms with Crippen LogP contribution in [0.15, 0.2) is 71.6 Å². The van der Waals surface area contributed by atoms with Crippen LogP contribution in [0.4, 0.5) is 0 Å². The van der Waals surface area contributed by atoms with Crippen LogP contribution in [0.1, 0.15) is 28.4 Å². The predicted octanol–water partition coefficient (Wildman–Crippen LogP) is 3.05. The van der Waals surface area contributed by atoms with Gasteiger partial charge in [-0.3, -0.25) is 9.59 Å². The largest absolute Gasteiger partial charge is 0.444 e. The van der Waals surface area contributed by atoms with Crippen molar-refractivity contribution in [1.29, 1.82) is 0 Å². The number of carbonyl (C=O) groups excluding carboxylic acids is 2. The average molecular weight is 361 g/mol. The monoisotopic (exact) mass is 361 g/mol. The number of aromatic nitrogens is 1. The Bertz CT molecular complexity index is 921. The van der Waals surface area contributed by atoms with Gasteiger partial charge in [0.05, 0.1) is 18.7 Å². The molecule has 2 amide bonds. The number of nitrogens with zero attached hydrogens (tertiary/aromatic N) is 2. The number of hydrogen-bond acceptors (Lipinski definition) is 4. The van der Waals surface area contributed by atoms with E-state index in [-0.39, 0.29) is 24.3 Å². The minimum Gasteiger partial charge on any atom is -0.444 e. The Labute approximate surface area is 156 Å². The Kier molecular flexibility index (Phi) is 4.70. The Morgan fingerprint density at radius 1 is 1.11 bits per heavy atom. The summed E-state index contributed by atoms with van der Waals surface area (Å²) in [5, 5.41) is 2.86. The van der Waals surface area contributed by atoms with Crippen LogP contribution in [0, 0.1) is 0 Å². The highest BCUT2D eigenvalue weighted by molar-refractivity contribution is 5.95. The fraction of sp³-hybridized carbons (Fsp3) is 0.190. The third kappa shape index (κ3) is 3.60. The Morgan fingerprint density at radius 3 is 2.59 bits per heavy atom. The summed E-state index contributed by atoms with van der Waals surface area (Å²) in [4.78, 5) is 31.0. The molecule has 1 fully saturated rings. The molecule has 1 N–H and O–H groups in total. The first kappa shape index (κ1) is 17.0. The summed E-state index contributed by atoms with van der Waals surface area (Å²) < 4.78 is 5.29. The SMILES string of the molecule is O=C1C[C@H](c2ccccc2)N(C(=O)c2ccc(-c3cnco3)cc2)CCN1. The van der Waals surface area contributed by atoms with E-state index in [0.29, 0.717) is 24.4 Å². The number of oxazole rings is 1. The molecule has 0 radical (unpaired) electrons. The van der Waals surface area contributed by atoms with E-state index < -0.39 is 0 Å². The maximum atomic E-state index is 13.2. The highest BCUT2D eigenvalue weighted by atomic mass is 16.3. The Morgan fingerprint density at radius 2 is 1.89 bits per heavy atom. The number of amides is 2. The summed E-state index contributed by atoms with van der Waals surface area (Å²) >= 11 is 0. The van der Waals surface area contributed by atoms with Gasteiger partial charge in [0.15, 0.2) is 12.2 Å². The fourth-order valence-electron chi connectivity index (χ4n) is 3.35. The number of rotatable bonds is 3. The molecule has 1 aromatic heterocycles. The molecule has 27 heavy (non-hydrogen) atoms. The molecule has 1 atom stereocenters. The van der Waals surface area contributed by atoms with Gasteiger partial charge in [0.1, 0.15) is 0 Å². The normalized spacial score (nSPS) is 17.3. The molecule has 0 saturated carbocycles. The highest BCUT2D eigenvalue weighted by Gasteiger charge is 2.30. The molecule has 3 aromatic rings. The minimum atomic E-state index is -0.282. The van der Waals surface area contributed by atoms with Crippen molar-refractivity contribution < 1.29 is 14.0 Å². The van der Waals surface area contributed by atoms with Crippen molar-refractivity contribution in [3.63, 3.8) is 0 Å². The predicted molar refractivity (Wildman–Crippen MR) is 99.8 cm³/mol. The molecule has 0 bridgehead atoms. The summed E-state index contributed by atoms with van der Waals surface area (Å²) in [7, 11) is 0. The minimum absolute atomic E-state index is 0.0418. The first-order chi connectivity index (χ1) is 13.2. The Hall–Kier alpha value is -3.41. The van der Waals surface area contributed by atoms with Crippen molar-refractivity contribution in [3.05, 3.63) is 78.3 Å². The molecule has 2 aromatic carbocycles. The van der Waals surface area contributed by atoms with Gasteiger partial charge in [-0.2, -0.15) is 0 Å². The van der Waals surface area contributed by atoms with Gasteiger partial charge in [-0.15, -0.1) is 0 Å². The number of carbonyl (C=O) groups is 2. The lowest BCUT2D eigenvalue weighted by atomic mass is 10.0. The van der Waals surface area contributed by atoms with Crippen molar-refractivity contribution in [3.8, 4) is 11.3 Å². The summed E-state index contributed by atoms with van der Waals surface area (Å²) in [5.41, 5.74) is 2.39. The summed E-state index contributed by atoms with van der Waals surface area (Å²) in [6.07, 6.45) is 3.26. The van der Waals surface area contributed by atoms with E-state index in [1.807, 2.05) is 42.5 Å². The van der Waals surface area contributed by atoms with Crippen LogP contribution in [-0.2, 0) is 4.79 Å². The maximum Gasteiger partial charge on any atom is 0.254 e. The van der Waals surface area contributed by atoms with Crippen molar-refractivity contribution in [2.45, 2.75) is 12.5 Å². The molecule has 1 saturated heterocycles. The summed E-state index contributed by atoms with van der Waals surface area (Å²) in [6.45, 7) is 0.915. The van der Waals surface area contributed by atoms with Crippen LogP contribution in [0.3, 0.4) is 0 Å². The van der Waals surface area contributed by atoms with Crippen molar-refractivity contribution in [1.82, 2.24) is 15.2 Å². The van der Waals surface area contributed by atoms with Crippen LogP contribution in [-0.4, -0.2) is 34.8 Å². The van der Waals surface area contributed by atoms with Gasteiger partial charge < -0.3 is 14.6 Å². The lowest BCUT2D eigenvalue weighted by Gasteiger charge is -2.29. The van der Waals surface area contributed by atoms with Gasteiger partial charge in [-0.25, -0.2) is 4.98 Å². The fourth-order valence-corrected chi connectivity index (χ4v) is 3.35. The zero-order valence-corrected chi connectivity index (χ0v) is 14.7. The van der Waals surface area contributed by atoms with Crippen molar-refractivity contribution in [2.24, 2.45) is 0 Å². The van der Waals surface area contributed by atoms with E-state index in [0.717, 1.165) is 11.1 Å². The van der Waals surface area contributed by atoms with Gasteiger partial charge in [-0.1, -0.05) is 42.5 Å². The second-order valence-corrected chi connectivity index (χ2v) is 6.42. The molecule has 1 aliphatic heterocycles. The number of nitrogens with one attached hydrogen (secondary N) is 1. The standard InChI is InChI=1S/C21H19N3O3/c25-20-12-18(15-4-2-1-3-5-15)24(11-10-23-20)21(26)17-8-6-16(7-9-17)19-13-22-14-27-19/h1-9,13-14,18H,10-12H2,(H,23,25)/t18-/m1/s1. The van der Waals surface area contributed by atoms with E-state index in [9.17, 15) is 9.59 Å². The van der Waals surface area contributed by atoms with E-state index >= 15 is 0 Å². The van der Waals surface area contributed by atoms with Crippen LogP contribution in [0.2, 0.25) is 0 Å². The molecule has 136 valence electrons. The molecule has 2 heterocycles. The quantitative estimate of drug-likeness (QED) is 0.778. The first-order valence-corrected chi connectivity index (χ1v) is 8.84. The van der Waals surface area contributed by atoms with Crippen molar-refractivity contribution in [2.75, 3.05) is 13.1 Å². The average Bonchev–Trinajstić information content (AvgIpc) is 3.18. The summed E-state index contributed by atoms with van der Waals surface area (Å²) in [6, 6.07) is 16.6. The lowest BCUT2D eigenvalue weighted by Crippen LogP contribution is -2.36. The second-order valence-electron chi connectivity index (χ2n) is 6.42. The Balaban J connectivity index is 1.62. The van der Waals surface area contributed by atoms with E-state index in [1.54, 1.807) is 23.2 Å². The molecular formula is C21H19N3O3. The van der Waals surface area contributed by atoms with Crippen LogP contribution < -0.4 is 5.32 Å². The molecule has 6 heteroatoms. The molecule has 6 nitrogen and oxygen atoms in total. The van der Waals surface area contributed by atoms with Gasteiger partial charge in [0.25, 0.3) is 5.91 Å². The van der Waals surface area contributed by atoms with Gasteiger partial charge in [0, 0.05) is 24.2 Å². The first-order valence-electron chi connectivity index (χ1n) is 8.84. The number of benzene rings is 2. The topological polar surface area (TPSA) is 75.4 Å². The highest BCUT2D eigenvalue weighted by Crippen LogP contribution is 2.28. The zero-order chi connectivity index (χ0) is 18.6. The van der Waals surface area contributed by atoms with E-state index in [1.165, 1.54) is 6.39 Å². The maximum absolute atomic E-state index is 13.2. The second kappa shape index (κ2) is 7.45. The van der Waals surface area contributed by atoms with Crippen LogP contribution in [0.5, 0.6) is 0 Å². The van der Waals surface area contributed by atoms with E-state index in [4.69, 9.17) is 4.42 Å².